The lowest BCUT2D eigenvalue weighted by Crippen LogP contribution is -1.69. The molecule has 0 radical (unpaired) electrons. The monoisotopic (exact) mass is 128 g/mol. The third-order valence-electron chi connectivity index (χ3n) is 0.151. The van der Waals surface area contributed by atoms with Crippen LogP contribution in [0.25, 0.3) is 0 Å². The first-order chi connectivity index (χ1) is 2.56. The van der Waals surface area contributed by atoms with Crippen LogP contribution in [0.4, 0.5) is 0 Å². The average molecular weight is 128 g/mol. The fourth-order valence-electron chi connectivity index (χ4n) is 0. The maximum atomic E-state index is 9.84. The Kier molecular flexibility index (Phi) is 2.15. The summed E-state index contributed by atoms with van der Waals surface area (Å²) in [5, 5.41) is 0. The van der Waals surface area contributed by atoms with Gasteiger partial charge in [0.1, 0.15) is 0 Å². The van der Waals surface area contributed by atoms with Crippen LogP contribution in [0.2, 0.25) is 0 Å². The molecule has 0 aromatic heterocycles. The third-order valence-corrected chi connectivity index (χ3v) is 1.36. The van der Waals surface area contributed by atoms with Crippen molar-refractivity contribution in [2.75, 3.05) is 6.66 Å². The van der Waals surface area contributed by atoms with Crippen LogP contribution < -0.4 is 0 Å². The molecule has 1 atom stereocenters. The molecule has 0 fully saturated rings. The van der Waals surface area contributed by atoms with Gasteiger partial charge in [-0.15, -0.1) is 0 Å². The lowest BCUT2D eigenvalue weighted by Gasteiger charge is -1.94. The van der Waals surface area contributed by atoms with Crippen LogP contribution in [0.15, 0.2) is 0 Å². The summed E-state index contributed by atoms with van der Waals surface area (Å²) in [5.74, 6) is 0. The second kappa shape index (κ2) is 1.98. The predicted molar refractivity (Wildman–Crippen MR) is 25.8 cm³/mol. The molecule has 0 amide bonds. The van der Waals surface area contributed by atoms with Crippen LogP contribution in [-0.2, 0) is 8.54 Å². The zero-order valence-electron chi connectivity index (χ0n) is 3.16. The second-order valence-electron chi connectivity index (χ2n) is 0.885. The highest BCUT2D eigenvalue weighted by Crippen LogP contribution is 2.37. The summed E-state index contributed by atoms with van der Waals surface area (Å²) in [5.41, 5.74) is 0. The van der Waals surface area contributed by atoms with E-state index >= 15 is 0 Å². The zero-order valence-corrected chi connectivity index (χ0v) is 4.95. The van der Waals surface area contributed by atoms with Crippen LogP contribution in [0, 0.1) is 0 Å². The van der Waals surface area contributed by atoms with Gasteiger partial charge in [0.25, 0.3) is 0 Å². The molecule has 0 aliphatic carbocycles. The van der Waals surface area contributed by atoms with E-state index in [-0.39, 0.29) is 0 Å². The quantitative estimate of drug-likeness (QED) is 0.310. The molecule has 38 valence electrons. The third kappa shape index (κ3) is 4.50. The molecule has 6 heavy (non-hydrogen) atoms. The molecule has 3 nitrogen and oxygen atoms in total. The van der Waals surface area contributed by atoms with Crippen molar-refractivity contribution < 1.29 is 13.4 Å². The molecule has 0 spiro atoms. The summed E-state index contributed by atoms with van der Waals surface area (Å²) >= 11 is 3.09. The molecule has 1 N–H and O–H groups in total. The van der Waals surface area contributed by atoms with Gasteiger partial charge in [-0.1, -0.05) is 0 Å². The van der Waals surface area contributed by atoms with E-state index in [1.165, 1.54) is 0 Å². The summed E-state index contributed by atoms with van der Waals surface area (Å²) in [6, 6.07) is 0. The van der Waals surface area contributed by atoms with Gasteiger partial charge < -0.3 is 4.89 Å². The largest absolute Gasteiger partial charge is 0.335 e. The van der Waals surface area contributed by atoms with Gasteiger partial charge in [0.15, 0.2) is 0 Å². The van der Waals surface area contributed by atoms with E-state index in [2.05, 4.69) is 16.9 Å². The average Bonchev–Trinajstić information content (AvgIpc) is 1.35. The van der Waals surface area contributed by atoms with E-state index in [0.717, 1.165) is 6.66 Å². The van der Waals surface area contributed by atoms with Gasteiger partial charge in [-0.3, -0.25) is 4.57 Å². The van der Waals surface area contributed by atoms with E-state index < -0.39 is 7.60 Å². The summed E-state index contributed by atoms with van der Waals surface area (Å²) in [6.45, 7) is 1.06. The second-order valence-corrected chi connectivity index (χ2v) is 3.14. The number of thiol groups is 1. The van der Waals surface area contributed by atoms with Gasteiger partial charge in [-0.2, -0.15) is 0 Å². The highest BCUT2D eigenvalue weighted by molar-refractivity contribution is 7.81. The number of hydrogen-bond acceptors (Lipinski definition) is 3. The Labute approximate surface area is 41.5 Å². The summed E-state index contributed by atoms with van der Waals surface area (Å²) in [4.78, 5) is 8.08. The number of hydrogen-bond donors (Lipinski definition) is 2. The molecule has 0 saturated carbocycles. The Balaban J connectivity index is 3.48. The van der Waals surface area contributed by atoms with Crippen molar-refractivity contribution in [3.8, 4) is 0 Å². The first kappa shape index (κ1) is 6.50. The van der Waals surface area contributed by atoms with E-state index in [4.69, 9.17) is 4.89 Å². The van der Waals surface area contributed by atoms with Crippen molar-refractivity contribution in [1.29, 1.82) is 0 Å². The molecule has 0 bridgehead atoms. The van der Waals surface area contributed by atoms with Crippen LogP contribution in [-0.4, -0.2) is 11.6 Å². The minimum Gasteiger partial charge on any atom is -0.324 e. The van der Waals surface area contributed by atoms with Gasteiger partial charge in [0.2, 0.25) is 0 Å². The lowest BCUT2D eigenvalue weighted by molar-refractivity contribution is 0.412. The first-order valence-electron chi connectivity index (χ1n) is 1.19. The maximum Gasteiger partial charge on any atom is 0.335 e. The van der Waals surface area contributed by atoms with Crippen LogP contribution in [0.5, 0.6) is 0 Å². The molecule has 1 unspecified atom stereocenters. The van der Waals surface area contributed by atoms with E-state index in [0.29, 0.717) is 0 Å². The van der Waals surface area contributed by atoms with Crippen LogP contribution in [0.3, 0.4) is 0 Å². The number of rotatable bonds is 1. The minimum atomic E-state index is -3.28. The van der Waals surface area contributed by atoms with Gasteiger partial charge in [-0.25, -0.2) is 3.97 Å². The fourth-order valence-corrected chi connectivity index (χ4v) is 0. The summed E-state index contributed by atoms with van der Waals surface area (Å²) in [7, 11) is -3.28. The smallest absolute Gasteiger partial charge is 0.324 e. The Hall–Kier alpha value is 0.500. The minimum absolute atomic E-state index is 1.06. The molecular formula is CH5O3PS. The predicted octanol–water partition coefficient (Wildman–Crippen LogP) is 0.663. The Morgan fingerprint density at radius 1 is 2.00 bits per heavy atom. The molecule has 5 heteroatoms. The molecule has 0 saturated heterocycles. The Morgan fingerprint density at radius 2 is 2.17 bits per heavy atom. The molecule has 0 aromatic rings. The molecule has 0 aliphatic heterocycles. The molecule has 0 rings (SSSR count). The Morgan fingerprint density at radius 3 is 2.17 bits per heavy atom. The molecule has 0 aliphatic rings. The van der Waals surface area contributed by atoms with Crippen LogP contribution in [0.1, 0.15) is 0 Å². The SMILES string of the molecule is CP(=O)(O)OS. The zero-order chi connectivity index (χ0) is 5.21. The maximum absolute atomic E-state index is 9.84. The molecule has 0 heterocycles. The molecular weight excluding hydrogens is 123 g/mol. The highest BCUT2D eigenvalue weighted by atomic mass is 32.1. The molecule has 0 aromatic carbocycles. The normalized spacial score (nSPS) is 19.8. The van der Waals surface area contributed by atoms with Crippen molar-refractivity contribution in [2.24, 2.45) is 0 Å². The topological polar surface area (TPSA) is 46.5 Å². The van der Waals surface area contributed by atoms with Crippen molar-refractivity contribution in [3.05, 3.63) is 0 Å². The van der Waals surface area contributed by atoms with Gasteiger partial charge in [0.05, 0.1) is 0 Å². The van der Waals surface area contributed by atoms with E-state index in [1.54, 1.807) is 0 Å². The van der Waals surface area contributed by atoms with Crippen LogP contribution >= 0.6 is 20.5 Å². The van der Waals surface area contributed by atoms with E-state index in [1.807, 2.05) is 0 Å². The summed E-state index contributed by atoms with van der Waals surface area (Å²) < 4.78 is 13.6. The van der Waals surface area contributed by atoms with Gasteiger partial charge in [-0.05, 0) is 12.9 Å². The standard InChI is InChI=1S/CH5O3PS/c1-5(2,3)4-6/h6H,1H3,(H,2,3). The van der Waals surface area contributed by atoms with Gasteiger partial charge in [0, 0.05) is 6.66 Å². The first-order valence-corrected chi connectivity index (χ1v) is 3.58. The van der Waals surface area contributed by atoms with Gasteiger partial charge >= 0.3 is 7.60 Å². The Bertz CT molecular complexity index is 74.9. The fraction of sp³-hybridized carbons (Fsp3) is 1.00. The highest BCUT2D eigenvalue weighted by Gasteiger charge is 2.04. The van der Waals surface area contributed by atoms with Crippen molar-refractivity contribution in [3.63, 3.8) is 0 Å². The van der Waals surface area contributed by atoms with Crippen molar-refractivity contribution >= 4 is 20.5 Å². The van der Waals surface area contributed by atoms with Crippen molar-refractivity contribution in [1.82, 2.24) is 0 Å². The van der Waals surface area contributed by atoms with Crippen molar-refractivity contribution in [2.45, 2.75) is 0 Å². The van der Waals surface area contributed by atoms with E-state index in [9.17, 15) is 4.57 Å². The summed E-state index contributed by atoms with van der Waals surface area (Å²) in [6.07, 6.45) is 0. The lowest BCUT2D eigenvalue weighted by atomic mass is 12.0.